The summed E-state index contributed by atoms with van der Waals surface area (Å²) < 4.78 is 20.9. The molecular formula is C28H34FN5O4. The largest absolute Gasteiger partial charge is 0.493 e. The fourth-order valence-corrected chi connectivity index (χ4v) is 5.02. The molecule has 2 amide bonds. The average Bonchev–Trinajstić information content (AvgIpc) is 3.64. The highest BCUT2D eigenvalue weighted by atomic mass is 19.1. The van der Waals surface area contributed by atoms with Crippen LogP contribution in [0.3, 0.4) is 0 Å². The molecule has 2 aliphatic rings. The summed E-state index contributed by atoms with van der Waals surface area (Å²) in [5.74, 6) is 0.413. The van der Waals surface area contributed by atoms with Crippen LogP contribution in [0.5, 0.6) is 5.75 Å². The van der Waals surface area contributed by atoms with Crippen molar-refractivity contribution < 1.29 is 23.8 Å². The number of aryl methyl sites for hydroxylation is 2. The van der Waals surface area contributed by atoms with E-state index >= 15 is 0 Å². The van der Waals surface area contributed by atoms with Gasteiger partial charge in [0.2, 0.25) is 5.91 Å². The minimum atomic E-state index is -1.33. The zero-order valence-electron chi connectivity index (χ0n) is 21.9. The van der Waals surface area contributed by atoms with Crippen LogP contribution in [0.2, 0.25) is 0 Å². The third-order valence-electron chi connectivity index (χ3n) is 7.38. The molecule has 0 radical (unpaired) electrons. The number of aromatic nitrogens is 3. The molecule has 202 valence electrons. The van der Waals surface area contributed by atoms with E-state index in [0.29, 0.717) is 53.4 Å². The van der Waals surface area contributed by atoms with E-state index in [1.807, 2.05) is 32.0 Å². The summed E-state index contributed by atoms with van der Waals surface area (Å²) in [6.45, 7) is 5.83. The van der Waals surface area contributed by atoms with E-state index < -0.39 is 24.2 Å². The number of aliphatic hydroxyl groups excluding tert-OH is 1. The van der Waals surface area contributed by atoms with Gasteiger partial charge in [-0.2, -0.15) is 0 Å². The molecule has 2 heterocycles. The number of amides is 2. The number of aromatic amines is 1. The Morgan fingerprint density at radius 2 is 1.97 bits per heavy atom. The van der Waals surface area contributed by atoms with Crippen LogP contribution in [-0.4, -0.2) is 62.8 Å². The van der Waals surface area contributed by atoms with Crippen molar-refractivity contribution in [3.63, 3.8) is 0 Å². The molecule has 1 aromatic carbocycles. The maximum absolute atomic E-state index is 14.8. The molecular weight excluding hydrogens is 489 g/mol. The van der Waals surface area contributed by atoms with Crippen molar-refractivity contribution in [2.24, 2.45) is 5.92 Å². The molecule has 2 aromatic heterocycles. The predicted molar refractivity (Wildman–Crippen MR) is 141 cm³/mol. The van der Waals surface area contributed by atoms with Gasteiger partial charge in [0.25, 0.3) is 5.91 Å². The summed E-state index contributed by atoms with van der Waals surface area (Å²) >= 11 is 0. The third-order valence-corrected chi connectivity index (χ3v) is 7.38. The van der Waals surface area contributed by atoms with Gasteiger partial charge in [-0.15, -0.1) is 0 Å². The van der Waals surface area contributed by atoms with Gasteiger partial charge in [0.1, 0.15) is 35.6 Å². The lowest BCUT2D eigenvalue weighted by Gasteiger charge is -2.32. The van der Waals surface area contributed by atoms with E-state index in [1.54, 1.807) is 0 Å². The van der Waals surface area contributed by atoms with Crippen molar-refractivity contribution in [3.05, 3.63) is 41.3 Å². The lowest BCUT2D eigenvalue weighted by molar-refractivity contribution is -0.130. The molecule has 0 unspecified atom stereocenters. The number of carbonyl (C=O) groups excluding carboxylic acids is 2. The van der Waals surface area contributed by atoms with Crippen LogP contribution in [0.15, 0.2) is 24.5 Å². The number of halogens is 1. The Balaban J connectivity index is 1.36. The number of carbonyl (C=O) groups is 2. The van der Waals surface area contributed by atoms with E-state index in [0.717, 1.165) is 16.9 Å². The van der Waals surface area contributed by atoms with Gasteiger partial charge in [-0.3, -0.25) is 9.59 Å². The lowest BCUT2D eigenvalue weighted by Crippen LogP contribution is -2.51. The van der Waals surface area contributed by atoms with Crippen molar-refractivity contribution >= 4 is 22.8 Å². The Morgan fingerprint density at radius 3 is 2.68 bits per heavy atom. The summed E-state index contributed by atoms with van der Waals surface area (Å²) in [6.07, 6.45) is 2.24. The minimum absolute atomic E-state index is 0.0725. The van der Waals surface area contributed by atoms with E-state index in [2.05, 4.69) is 25.6 Å². The molecule has 0 saturated heterocycles. The van der Waals surface area contributed by atoms with E-state index in [1.165, 1.54) is 26.1 Å². The SMILES string of the molecule is Cc1ccc(OCC2CC2)c(-c2ncnc3c(C(=O)N[C@H]4CC[C@H](NC(=O)[C@H](C)O)[C@H](F)C4)c(C)[nH]c23)c1. The summed E-state index contributed by atoms with van der Waals surface area (Å²) in [6, 6.07) is 4.92. The Labute approximate surface area is 220 Å². The summed E-state index contributed by atoms with van der Waals surface area (Å²) in [5.41, 5.74) is 4.74. The second-order valence-electron chi connectivity index (χ2n) is 10.6. The van der Waals surface area contributed by atoms with Gasteiger partial charge in [0, 0.05) is 23.7 Å². The second-order valence-corrected chi connectivity index (χ2v) is 10.6. The van der Waals surface area contributed by atoms with Gasteiger partial charge >= 0.3 is 0 Å². The Bertz CT molecular complexity index is 1350. The van der Waals surface area contributed by atoms with Crippen molar-refractivity contribution in [2.45, 2.75) is 77.2 Å². The van der Waals surface area contributed by atoms with Crippen molar-refractivity contribution in [3.8, 4) is 17.0 Å². The Hall–Kier alpha value is -3.53. The highest BCUT2D eigenvalue weighted by Gasteiger charge is 2.34. The summed E-state index contributed by atoms with van der Waals surface area (Å²) in [7, 11) is 0. The van der Waals surface area contributed by atoms with E-state index in [4.69, 9.17) is 4.74 Å². The first-order valence-corrected chi connectivity index (χ1v) is 13.2. The number of aliphatic hydroxyl groups is 1. The normalized spacial score (nSPS) is 22.2. The molecule has 10 heteroatoms. The molecule has 0 aliphatic heterocycles. The molecule has 0 bridgehead atoms. The zero-order chi connectivity index (χ0) is 27.0. The standard InChI is InChI=1S/C28H34FN5O4/c1-14-4-9-22(38-12-17-5-6-17)19(10-14)24-26-25(31-13-30-24)23(15(2)32-26)28(37)33-18-7-8-21(20(29)11-18)34-27(36)16(3)35/h4,9-10,13,16-18,20-21,32,35H,5-8,11-12H2,1-3H3,(H,33,37)(H,34,36)/t16-,18-,20+,21-/m0/s1. The van der Waals surface area contributed by atoms with E-state index in [-0.39, 0.29) is 18.4 Å². The molecule has 4 N–H and O–H groups in total. The summed E-state index contributed by atoms with van der Waals surface area (Å²) in [4.78, 5) is 37.4. The number of alkyl halides is 1. The monoisotopic (exact) mass is 523 g/mol. The van der Waals surface area contributed by atoms with Gasteiger partial charge in [-0.1, -0.05) is 11.6 Å². The minimum Gasteiger partial charge on any atom is -0.493 e. The fourth-order valence-electron chi connectivity index (χ4n) is 5.02. The highest BCUT2D eigenvalue weighted by Crippen LogP contribution is 2.37. The molecule has 9 nitrogen and oxygen atoms in total. The topological polar surface area (TPSA) is 129 Å². The number of H-pyrrole nitrogens is 1. The Morgan fingerprint density at radius 1 is 1.18 bits per heavy atom. The predicted octanol–water partition coefficient (Wildman–Crippen LogP) is 3.52. The summed E-state index contributed by atoms with van der Waals surface area (Å²) in [5, 5.41) is 14.9. The molecule has 4 atom stereocenters. The quantitative estimate of drug-likeness (QED) is 0.358. The number of hydrogen-bond donors (Lipinski definition) is 4. The van der Waals surface area contributed by atoms with E-state index in [9.17, 15) is 19.1 Å². The van der Waals surface area contributed by atoms with Gasteiger partial charge in [-0.25, -0.2) is 14.4 Å². The van der Waals surface area contributed by atoms with Crippen molar-refractivity contribution in [1.29, 1.82) is 0 Å². The first-order valence-electron chi connectivity index (χ1n) is 13.2. The molecule has 2 saturated carbocycles. The maximum Gasteiger partial charge on any atom is 0.255 e. The van der Waals surface area contributed by atoms with Gasteiger partial charge in [-0.05, 0) is 64.5 Å². The van der Waals surface area contributed by atoms with Crippen LogP contribution >= 0.6 is 0 Å². The van der Waals surface area contributed by atoms with Gasteiger partial charge in [0.05, 0.1) is 23.7 Å². The number of rotatable bonds is 8. The van der Waals surface area contributed by atoms with Crippen LogP contribution in [0.1, 0.15) is 60.6 Å². The molecule has 38 heavy (non-hydrogen) atoms. The molecule has 2 aliphatic carbocycles. The number of ether oxygens (including phenoxy) is 1. The van der Waals surface area contributed by atoms with Gasteiger partial charge < -0.3 is 25.5 Å². The Kier molecular flexibility index (Phi) is 7.34. The van der Waals surface area contributed by atoms with Crippen LogP contribution in [-0.2, 0) is 4.79 Å². The third kappa shape index (κ3) is 5.50. The highest BCUT2D eigenvalue weighted by molar-refractivity contribution is 6.09. The van der Waals surface area contributed by atoms with Crippen LogP contribution in [0, 0.1) is 19.8 Å². The first-order chi connectivity index (χ1) is 18.2. The smallest absolute Gasteiger partial charge is 0.255 e. The number of fused-ring (bicyclic) bond motifs is 1. The second kappa shape index (κ2) is 10.7. The number of nitrogens with one attached hydrogen (secondary N) is 3. The zero-order valence-corrected chi connectivity index (χ0v) is 21.9. The van der Waals surface area contributed by atoms with Crippen LogP contribution in [0.25, 0.3) is 22.3 Å². The molecule has 3 aromatic rings. The molecule has 2 fully saturated rings. The van der Waals surface area contributed by atoms with Crippen molar-refractivity contribution in [2.75, 3.05) is 6.61 Å². The van der Waals surface area contributed by atoms with Crippen molar-refractivity contribution in [1.82, 2.24) is 25.6 Å². The average molecular weight is 524 g/mol. The fraction of sp³-hybridized carbons (Fsp3) is 0.500. The number of benzene rings is 1. The lowest BCUT2D eigenvalue weighted by atomic mass is 9.89. The number of nitrogens with zero attached hydrogens (tertiary/aromatic N) is 2. The maximum atomic E-state index is 14.8. The number of hydrogen-bond acceptors (Lipinski definition) is 6. The van der Waals surface area contributed by atoms with Gasteiger partial charge in [0.15, 0.2) is 0 Å². The van der Waals surface area contributed by atoms with Crippen LogP contribution < -0.4 is 15.4 Å². The first kappa shape index (κ1) is 26.1. The molecule has 5 rings (SSSR count). The molecule has 0 spiro atoms. The van der Waals surface area contributed by atoms with Crippen LogP contribution in [0.4, 0.5) is 4.39 Å².